The highest BCUT2D eigenvalue weighted by molar-refractivity contribution is 7.92. The van der Waals surface area contributed by atoms with E-state index < -0.39 is 15.6 Å². The molecule has 1 atom stereocenters. The number of rotatable bonds is 9. The van der Waals surface area contributed by atoms with Gasteiger partial charge in [-0.25, -0.2) is 8.42 Å². The summed E-state index contributed by atoms with van der Waals surface area (Å²) in [7, 11) is -1.77. The minimum absolute atomic E-state index is 0.0219. The summed E-state index contributed by atoms with van der Waals surface area (Å²) in [5.41, 5.74) is 0.975. The zero-order valence-corrected chi connectivity index (χ0v) is 16.4. The van der Waals surface area contributed by atoms with Crippen molar-refractivity contribution < 1.29 is 17.9 Å². The van der Waals surface area contributed by atoms with Crippen LogP contribution in [0.25, 0.3) is 0 Å². The molecule has 5 nitrogen and oxygen atoms in total. The van der Waals surface area contributed by atoms with Gasteiger partial charge < -0.3 is 9.64 Å². The molecule has 0 aromatic heterocycles. The quantitative estimate of drug-likeness (QED) is 0.673. The maximum atomic E-state index is 12.8. The molecule has 0 N–H and O–H groups in total. The predicted molar refractivity (Wildman–Crippen MR) is 99.2 cm³/mol. The predicted octanol–water partition coefficient (Wildman–Crippen LogP) is 2.89. The highest BCUT2D eigenvalue weighted by Crippen LogP contribution is 2.36. The molecule has 2 rings (SSSR count). The second-order valence-electron chi connectivity index (χ2n) is 7.40. The smallest absolute Gasteiger partial charge is 0.238 e. The van der Waals surface area contributed by atoms with Gasteiger partial charge in [0.15, 0.2) is 9.84 Å². The molecular formula is C19H29NO4S. The van der Waals surface area contributed by atoms with E-state index in [1.807, 2.05) is 45.0 Å². The molecular weight excluding hydrogens is 338 g/mol. The Morgan fingerprint density at radius 2 is 1.80 bits per heavy atom. The minimum atomic E-state index is -3.38. The van der Waals surface area contributed by atoms with E-state index in [0.29, 0.717) is 12.5 Å². The van der Waals surface area contributed by atoms with E-state index in [9.17, 15) is 13.2 Å². The summed E-state index contributed by atoms with van der Waals surface area (Å²) < 4.78 is 29.6. The Morgan fingerprint density at radius 1 is 1.20 bits per heavy atom. The third kappa shape index (κ3) is 6.03. The van der Waals surface area contributed by atoms with Crippen molar-refractivity contribution in [1.29, 1.82) is 0 Å². The van der Waals surface area contributed by atoms with Crippen molar-refractivity contribution in [3.8, 4) is 5.75 Å². The highest BCUT2D eigenvalue weighted by Gasteiger charge is 2.35. The first-order valence-electron chi connectivity index (χ1n) is 8.84. The first-order valence-corrected chi connectivity index (χ1v) is 10.7. The zero-order chi connectivity index (χ0) is 18.6. The lowest BCUT2D eigenvalue weighted by molar-refractivity contribution is -0.131. The minimum Gasteiger partial charge on any atom is -0.497 e. The van der Waals surface area contributed by atoms with Gasteiger partial charge in [-0.3, -0.25) is 4.79 Å². The molecule has 1 unspecified atom stereocenters. The van der Waals surface area contributed by atoms with Crippen molar-refractivity contribution in [3.63, 3.8) is 0 Å². The van der Waals surface area contributed by atoms with E-state index in [1.54, 1.807) is 12.0 Å². The summed E-state index contributed by atoms with van der Waals surface area (Å²) in [4.78, 5) is 14.5. The summed E-state index contributed by atoms with van der Waals surface area (Å²) in [6.07, 6.45) is 2.21. The molecule has 0 radical (unpaired) electrons. The van der Waals surface area contributed by atoms with Gasteiger partial charge in [0, 0.05) is 12.6 Å². The van der Waals surface area contributed by atoms with Gasteiger partial charge in [-0.2, -0.15) is 0 Å². The van der Waals surface area contributed by atoms with Gasteiger partial charge >= 0.3 is 0 Å². The molecule has 1 fully saturated rings. The standard InChI is InChI=1S/C19H29NO4S/c1-14(2)12-25(22,23)13-19(21)20(15(3)17-7-8-17)11-16-5-9-18(24-4)10-6-16/h5-6,9-10,14-15,17H,7-8,11-13H2,1-4H3. The number of amides is 1. The fourth-order valence-electron chi connectivity index (χ4n) is 3.06. The van der Waals surface area contributed by atoms with Crippen molar-refractivity contribution in [1.82, 2.24) is 4.90 Å². The molecule has 0 saturated heterocycles. The van der Waals surface area contributed by atoms with Crippen LogP contribution >= 0.6 is 0 Å². The van der Waals surface area contributed by atoms with Crippen LogP contribution in [0.2, 0.25) is 0 Å². The number of hydrogen-bond acceptors (Lipinski definition) is 4. The second-order valence-corrected chi connectivity index (χ2v) is 9.51. The van der Waals surface area contributed by atoms with Gasteiger partial charge in [0.2, 0.25) is 5.91 Å². The Hall–Kier alpha value is -1.56. The normalized spacial score (nSPS) is 15.9. The molecule has 1 aliphatic carbocycles. The molecule has 140 valence electrons. The maximum Gasteiger partial charge on any atom is 0.238 e. The summed E-state index contributed by atoms with van der Waals surface area (Å²) in [5.74, 6) is 0.613. The summed E-state index contributed by atoms with van der Waals surface area (Å²) >= 11 is 0. The number of methoxy groups -OCH3 is 1. The number of nitrogens with zero attached hydrogens (tertiary/aromatic N) is 1. The van der Waals surface area contributed by atoms with Crippen molar-refractivity contribution in [2.24, 2.45) is 11.8 Å². The molecule has 25 heavy (non-hydrogen) atoms. The molecule has 1 aromatic carbocycles. The van der Waals surface area contributed by atoms with Crippen molar-refractivity contribution in [2.75, 3.05) is 18.6 Å². The van der Waals surface area contributed by atoms with Crippen LogP contribution < -0.4 is 4.74 Å². The van der Waals surface area contributed by atoms with E-state index in [-0.39, 0.29) is 23.6 Å². The molecule has 0 spiro atoms. The lowest BCUT2D eigenvalue weighted by Gasteiger charge is -2.30. The van der Waals surface area contributed by atoms with Crippen LogP contribution in [-0.2, 0) is 21.2 Å². The fraction of sp³-hybridized carbons (Fsp3) is 0.632. The first kappa shape index (κ1) is 19.8. The lowest BCUT2D eigenvalue weighted by Crippen LogP contribution is -2.43. The first-order chi connectivity index (χ1) is 11.7. The average molecular weight is 368 g/mol. The number of sulfone groups is 1. The van der Waals surface area contributed by atoms with Gasteiger partial charge in [-0.15, -0.1) is 0 Å². The number of ether oxygens (including phenoxy) is 1. The van der Waals surface area contributed by atoms with Gasteiger partial charge in [-0.05, 0) is 49.3 Å². The Bertz CT molecular complexity index is 678. The Morgan fingerprint density at radius 3 is 2.28 bits per heavy atom. The van der Waals surface area contributed by atoms with Gasteiger partial charge in [0.1, 0.15) is 11.5 Å². The lowest BCUT2D eigenvalue weighted by atomic mass is 10.1. The van der Waals surface area contributed by atoms with E-state index in [1.165, 1.54) is 0 Å². The number of carbonyl (C=O) groups is 1. The summed E-state index contributed by atoms with van der Waals surface area (Å²) in [5, 5.41) is 0. The molecule has 6 heteroatoms. The molecule has 0 heterocycles. The molecule has 1 amide bonds. The SMILES string of the molecule is COc1ccc(CN(C(=O)CS(=O)(=O)CC(C)C)C(C)C2CC2)cc1. The fourth-order valence-corrected chi connectivity index (χ4v) is 4.73. The summed E-state index contributed by atoms with van der Waals surface area (Å²) in [6.45, 7) is 6.15. The number of benzene rings is 1. The van der Waals surface area contributed by atoms with Crippen molar-refractivity contribution in [3.05, 3.63) is 29.8 Å². The van der Waals surface area contributed by atoms with Crippen LogP contribution in [0.15, 0.2) is 24.3 Å². The van der Waals surface area contributed by atoms with Crippen LogP contribution in [-0.4, -0.2) is 43.9 Å². The van der Waals surface area contributed by atoms with E-state index in [0.717, 1.165) is 24.2 Å². The summed E-state index contributed by atoms with van der Waals surface area (Å²) in [6, 6.07) is 7.61. The monoisotopic (exact) mass is 367 g/mol. The Balaban J connectivity index is 2.12. The van der Waals surface area contributed by atoms with Gasteiger partial charge in [-0.1, -0.05) is 26.0 Å². The largest absolute Gasteiger partial charge is 0.497 e. The third-order valence-corrected chi connectivity index (χ3v) is 6.42. The van der Waals surface area contributed by atoms with E-state index >= 15 is 0 Å². The second kappa shape index (κ2) is 8.21. The van der Waals surface area contributed by atoms with Crippen molar-refractivity contribution in [2.45, 2.75) is 46.2 Å². The van der Waals surface area contributed by atoms with Gasteiger partial charge in [0.25, 0.3) is 0 Å². The topological polar surface area (TPSA) is 63.7 Å². The van der Waals surface area contributed by atoms with Crippen LogP contribution in [0.5, 0.6) is 5.75 Å². The van der Waals surface area contributed by atoms with E-state index in [4.69, 9.17) is 4.74 Å². The van der Waals surface area contributed by atoms with Crippen LogP contribution in [0, 0.1) is 11.8 Å². The van der Waals surface area contributed by atoms with Crippen LogP contribution in [0.4, 0.5) is 0 Å². The third-order valence-electron chi connectivity index (χ3n) is 4.56. The molecule has 1 aromatic rings. The van der Waals surface area contributed by atoms with Crippen molar-refractivity contribution >= 4 is 15.7 Å². The van der Waals surface area contributed by atoms with Gasteiger partial charge in [0.05, 0.1) is 12.9 Å². The number of carbonyl (C=O) groups excluding carboxylic acids is 1. The molecule has 0 aliphatic heterocycles. The Labute approximate surface area is 151 Å². The molecule has 1 saturated carbocycles. The molecule has 1 aliphatic rings. The van der Waals surface area contributed by atoms with E-state index in [2.05, 4.69) is 0 Å². The number of hydrogen-bond donors (Lipinski definition) is 0. The molecule has 0 bridgehead atoms. The maximum absolute atomic E-state index is 12.8. The highest BCUT2D eigenvalue weighted by atomic mass is 32.2. The Kier molecular flexibility index (Phi) is 6.49. The van der Waals surface area contributed by atoms with Crippen LogP contribution in [0.1, 0.15) is 39.2 Å². The average Bonchev–Trinajstić information content (AvgIpc) is 3.35. The zero-order valence-electron chi connectivity index (χ0n) is 15.6. The van der Waals surface area contributed by atoms with Crippen LogP contribution in [0.3, 0.4) is 0 Å².